The normalized spacial score (nSPS) is 15.2. The lowest BCUT2D eigenvalue weighted by Crippen LogP contribution is -2.05. The maximum Gasteiger partial charge on any atom is 0.303 e. The van der Waals surface area contributed by atoms with Crippen LogP contribution in [0.1, 0.15) is 43.2 Å². The molecule has 0 saturated heterocycles. The van der Waals surface area contributed by atoms with E-state index < -0.39 is 5.97 Å². The van der Waals surface area contributed by atoms with Crippen LogP contribution in [0, 0.1) is 0 Å². The monoisotopic (exact) mass is 370 g/mol. The summed E-state index contributed by atoms with van der Waals surface area (Å²) in [6, 6.07) is 13.6. The summed E-state index contributed by atoms with van der Waals surface area (Å²) in [6.45, 7) is 3.77. The predicted octanol–water partition coefficient (Wildman–Crippen LogP) is 4.44. The molecule has 0 spiro atoms. The van der Waals surface area contributed by atoms with Gasteiger partial charge in [-0.15, -0.1) is 0 Å². The highest BCUT2D eigenvalue weighted by Gasteiger charge is 2.24. The first-order valence-corrected chi connectivity index (χ1v) is 9.48. The maximum atomic E-state index is 10.9. The molecule has 0 radical (unpaired) electrons. The lowest BCUT2D eigenvalue weighted by Gasteiger charge is -2.11. The Balaban J connectivity index is 1.40. The Kier molecular flexibility index (Phi) is 6.58. The van der Waals surface area contributed by atoms with Gasteiger partial charge in [-0.2, -0.15) is 0 Å². The number of ether oxygens (including phenoxy) is 3. The molecule has 2 aromatic carbocycles. The molecular formula is C22H26O5. The van der Waals surface area contributed by atoms with Crippen LogP contribution < -0.4 is 14.2 Å². The fourth-order valence-electron chi connectivity index (χ4n) is 3.43. The molecule has 1 atom stereocenters. The highest BCUT2D eigenvalue weighted by Crippen LogP contribution is 2.37. The molecule has 5 nitrogen and oxygen atoms in total. The van der Waals surface area contributed by atoms with Crippen molar-refractivity contribution in [2.45, 2.75) is 38.5 Å². The quantitative estimate of drug-likeness (QED) is 0.627. The summed E-state index contributed by atoms with van der Waals surface area (Å²) in [4.78, 5) is 10.9. The van der Waals surface area contributed by atoms with Crippen molar-refractivity contribution in [1.29, 1.82) is 0 Å². The third-order valence-electron chi connectivity index (χ3n) is 4.70. The number of carboxylic acids is 1. The smallest absolute Gasteiger partial charge is 0.303 e. The van der Waals surface area contributed by atoms with Crippen LogP contribution in [-0.2, 0) is 11.2 Å². The average molecular weight is 370 g/mol. The molecule has 0 heterocycles. The Labute approximate surface area is 159 Å². The third kappa shape index (κ3) is 5.39. The lowest BCUT2D eigenvalue weighted by molar-refractivity contribution is -0.137. The first-order valence-electron chi connectivity index (χ1n) is 9.48. The van der Waals surface area contributed by atoms with Crippen LogP contribution in [0.25, 0.3) is 0 Å². The summed E-state index contributed by atoms with van der Waals surface area (Å²) in [6.07, 6.45) is 2.81. The molecule has 5 heteroatoms. The van der Waals surface area contributed by atoms with E-state index >= 15 is 0 Å². The molecule has 144 valence electrons. The topological polar surface area (TPSA) is 65.0 Å². The molecule has 3 rings (SSSR count). The van der Waals surface area contributed by atoms with E-state index in [2.05, 4.69) is 0 Å². The lowest BCUT2D eigenvalue weighted by atomic mass is 9.98. The van der Waals surface area contributed by atoms with Gasteiger partial charge in [0, 0.05) is 6.42 Å². The molecule has 2 aromatic rings. The van der Waals surface area contributed by atoms with Crippen molar-refractivity contribution >= 4 is 5.97 Å². The van der Waals surface area contributed by atoms with Gasteiger partial charge in [-0.3, -0.25) is 4.79 Å². The van der Waals surface area contributed by atoms with Crippen molar-refractivity contribution in [2.24, 2.45) is 0 Å². The summed E-state index contributed by atoms with van der Waals surface area (Å²) >= 11 is 0. The molecular weight excluding hydrogens is 344 g/mol. The van der Waals surface area contributed by atoms with Crippen LogP contribution in [0.4, 0.5) is 0 Å². The Hall–Kier alpha value is -2.69. The van der Waals surface area contributed by atoms with E-state index in [9.17, 15) is 4.79 Å². The predicted molar refractivity (Wildman–Crippen MR) is 103 cm³/mol. The average Bonchev–Trinajstić information content (AvgIpc) is 3.04. The van der Waals surface area contributed by atoms with Gasteiger partial charge in [0.05, 0.1) is 26.2 Å². The Morgan fingerprint density at radius 2 is 1.63 bits per heavy atom. The van der Waals surface area contributed by atoms with Gasteiger partial charge in [0.25, 0.3) is 0 Å². The van der Waals surface area contributed by atoms with E-state index in [1.807, 2.05) is 49.4 Å². The van der Waals surface area contributed by atoms with Crippen molar-refractivity contribution < 1.29 is 24.1 Å². The van der Waals surface area contributed by atoms with Crippen LogP contribution in [-0.4, -0.2) is 30.9 Å². The Bertz CT molecular complexity index is 754. The zero-order valence-corrected chi connectivity index (χ0v) is 15.6. The minimum absolute atomic E-state index is 0.133. The summed E-state index contributed by atoms with van der Waals surface area (Å²) in [5.41, 5.74) is 2.37. The van der Waals surface area contributed by atoms with Crippen LogP contribution in [0.2, 0.25) is 0 Å². The molecule has 0 aliphatic heterocycles. The Morgan fingerprint density at radius 1 is 1.00 bits per heavy atom. The number of hydrogen-bond donors (Lipinski definition) is 1. The van der Waals surface area contributed by atoms with Crippen LogP contribution in [0.15, 0.2) is 42.5 Å². The second-order valence-corrected chi connectivity index (χ2v) is 6.65. The minimum Gasteiger partial charge on any atom is -0.494 e. The largest absolute Gasteiger partial charge is 0.494 e. The zero-order valence-electron chi connectivity index (χ0n) is 15.6. The first kappa shape index (κ1) is 19.1. The fraction of sp³-hybridized carbons (Fsp3) is 0.409. The third-order valence-corrected chi connectivity index (χ3v) is 4.70. The number of hydrogen-bond acceptors (Lipinski definition) is 4. The van der Waals surface area contributed by atoms with Gasteiger partial charge in [-0.05, 0) is 73.2 Å². The number of aliphatic carboxylic acids is 1. The highest BCUT2D eigenvalue weighted by atomic mass is 16.5. The van der Waals surface area contributed by atoms with Crippen LogP contribution in [0.5, 0.6) is 17.2 Å². The molecule has 0 saturated carbocycles. The first-order chi connectivity index (χ1) is 13.2. The fourth-order valence-corrected chi connectivity index (χ4v) is 3.43. The molecule has 0 amide bonds. The summed E-state index contributed by atoms with van der Waals surface area (Å²) in [5, 5.41) is 9.00. The molecule has 1 aliphatic rings. The second-order valence-electron chi connectivity index (χ2n) is 6.65. The number of benzene rings is 2. The van der Waals surface area contributed by atoms with Gasteiger partial charge in [0.15, 0.2) is 0 Å². The van der Waals surface area contributed by atoms with Gasteiger partial charge in [0.1, 0.15) is 17.2 Å². The van der Waals surface area contributed by atoms with Crippen molar-refractivity contribution in [1.82, 2.24) is 0 Å². The summed E-state index contributed by atoms with van der Waals surface area (Å²) in [5.74, 6) is 1.90. The number of rotatable bonds is 10. The molecule has 27 heavy (non-hydrogen) atoms. The number of carbonyl (C=O) groups is 1. The maximum absolute atomic E-state index is 10.9. The van der Waals surface area contributed by atoms with E-state index in [0.717, 1.165) is 42.1 Å². The standard InChI is InChI=1S/C22H26O5/c1-2-25-18-6-8-19(9-7-18)26-12-3-13-27-20-10-11-21-16(14-20)4-5-17(21)15-22(23)24/h6-11,14,17H,2-5,12-13,15H2,1H3,(H,23,24)/t17-/m0/s1. The van der Waals surface area contributed by atoms with Gasteiger partial charge < -0.3 is 19.3 Å². The van der Waals surface area contributed by atoms with E-state index in [1.54, 1.807) is 0 Å². The van der Waals surface area contributed by atoms with Gasteiger partial charge in [-0.25, -0.2) is 0 Å². The van der Waals surface area contributed by atoms with Crippen LogP contribution >= 0.6 is 0 Å². The second kappa shape index (κ2) is 9.31. The molecule has 0 fully saturated rings. The van der Waals surface area contributed by atoms with Crippen molar-refractivity contribution in [3.8, 4) is 17.2 Å². The molecule has 0 bridgehead atoms. The Morgan fingerprint density at radius 3 is 2.30 bits per heavy atom. The minimum atomic E-state index is -0.735. The van der Waals surface area contributed by atoms with Gasteiger partial charge in [0.2, 0.25) is 0 Å². The summed E-state index contributed by atoms with van der Waals surface area (Å²) in [7, 11) is 0. The van der Waals surface area contributed by atoms with Gasteiger partial charge in [-0.1, -0.05) is 6.07 Å². The SMILES string of the molecule is CCOc1ccc(OCCCOc2ccc3c(c2)CC[C@H]3CC(=O)O)cc1. The molecule has 1 N–H and O–H groups in total. The van der Waals surface area contributed by atoms with Gasteiger partial charge >= 0.3 is 5.97 Å². The number of fused-ring (bicyclic) bond motifs is 1. The number of aryl methyl sites for hydroxylation is 1. The van der Waals surface area contributed by atoms with E-state index in [1.165, 1.54) is 5.56 Å². The van der Waals surface area contributed by atoms with Crippen LogP contribution in [0.3, 0.4) is 0 Å². The summed E-state index contributed by atoms with van der Waals surface area (Å²) < 4.78 is 16.9. The highest BCUT2D eigenvalue weighted by molar-refractivity contribution is 5.68. The molecule has 1 aliphatic carbocycles. The van der Waals surface area contributed by atoms with Crippen molar-refractivity contribution in [3.05, 3.63) is 53.6 Å². The molecule has 0 aromatic heterocycles. The van der Waals surface area contributed by atoms with E-state index in [-0.39, 0.29) is 12.3 Å². The van der Waals surface area contributed by atoms with E-state index in [4.69, 9.17) is 19.3 Å². The van der Waals surface area contributed by atoms with E-state index in [0.29, 0.717) is 19.8 Å². The van der Waals surface area contributed by atoms with Crippen molar-refractivity contribution in [2.75, 3.05) is 19.8 Å². The van der Waals surface area contributed by atoms with Crippen molar-refractivity contribution in [3.63, 3.8) is 0 Å². The zero-order chi connectivity index (χ0) is 19.1. The molecule has 0 unspecified atom stereocenters. The number of carboxylic acid groups (broad SMARTS) is 1.